The van der Waals surface area contributed by atoms with Crippen LogP contribution in [0.2, 0.25) is 0 Å². The molecule has 2 heterocycles. The average molecular weight is 380 g/mol. The number of carbonyl (C=O) groups excluding carboxylic acids is 1. The molecular formula is C22H25FN4O. The van der Waals surface area contributed by atoms with Crippen molar-refractivity contribution in [1.82, 2.24) is 19.6 Å². The molecule has 28 heavy (non-hydrogen) atoms. The van der Waals surface area contributed by atoms with Gasteiger partial charge in [-0.05, 0) is 36.2 Å². The molecular weight excluding hydrogens is 355 g/mol. The highest BCUT2D eigenvalue weighted by Crippen LogP contribution is 2.16. The number of nitrogens with zero attached hydrogens (tertiary/aromatic N) is 4. The Morgan fingerprint density at radius 1 is 1.07 bits per heavy atom. The molecule has 0 saturated carbocycles. The molecule has 0 radical (unpaired) electrons. The van der Waals surface area contributed by atoms with Gasteiger partial charge in [-0.1, -0.05) is 24.3 Å². The van der Waals surface area contributed by atoms with Crippen LogP contribution in [0.15, 0.2) is 48.7 Å². The average Bonchev–Trinajstić information content (AvgIpc) is 3.10. The summed E-state index contributed by atoms with van der Waals surface area (Å²) in [6.45, 7) is 6.61. The van der Waals surface area contributed by atoms with Crippen molar-refractivity contribution in [1.29, 1.82) is 0 Å². The lowest BCUT2D eigenvalue weighted by Crippen LogP contribution is -2.48. The maximum absolute atomic E-state index is 13.0. The van der Waals surface area contributed by atoms with Gasteiger partial charge in [0.25, 0.3) is 0 Å². The van der Waals surface area contributed by atoms with Gasteiger partial charge in [0.1, 0.15) is 5.82 Å². The van der Waals surface area contributed by atoms with Crippen LogP contribution in [0.25, 0.3) is 10.9 Å². The minimum atomic E-state index is -0.209. The Labute approximate surface area is 164 Å². The highest BCUT2D eigenvalue weighted by molar-refractivity contribution is 5.80. The van der Waals surface area contributed by atoms with Gasteiger partial charge in [-0.15, -0.1) is 0 Å². The molecule has 0 atom stereocenters. The second-order valence-corrected chi connectivity index (χ2v) is 7.46. The maximum Gasteiger partial charge on any atom is 0.224 e. The quantitative estimate of drug-likeness (QED) is 0.683. The van der Waals surface area contributed by atoms with Crippen LogP contribution in [0.1, 0.15) is 17.5 Å². The van der Waals surface area contributed by atoms with Gasteiger partial charge in [-0.3, -0.25) is 14.4 Å². The topological polar surface area (TPSA) is 41.4 Å². The van der Waals surface area contributed by atoms with Crippen molar-refractivity contribution in [3.63, 3.8) is 0 Å². The number of fused-ring (bicyclic) bond motifs is 1. The van der Waals surface area contributed by atoms with Gasteiger partial charge in [0.05, 0.1) is 18.3 Å². The third kappa shape index (κ3) is 4.22. The zero-order valence-electron chi connectivity index (χ0n) is 16.1. The third-order valence-corrected chi connectivity index (χ3v) is 5.38. The van der Waals surface area contributed by atoms with Crippen molar-refractivity contribution in [2.45, 2.75) is 26.4 Å². The van der Waals surface area contributed by atoms with Crippen molar-refractivity contribution in [3.05, 3.63) is 65.6 Å². The molecule has 0 bridgehead atoms. The lowest BCUT2D eigenvalue weighted by Gasteiger charge is -2.34. The number of rotatable bonds is 5. The largest absolute Gasteiger partial charge is 0.340 e. The molecule has 2 aromatic carbocycles. The second-order valence-electron chi connectivity index (χ2n) is 7.46. The molecule has 1 aliphatic heterocycles. The number of amides is 1. The number of benzene rings is 2. The molecule has 0 spiro atoms. The molecule has 4 rings (SSSR count). The number of hydrogen-bond donors (Lipinski definition) is 0. The summed E-state index contributed by atoms with van der Waals surface area (Å²) in [5.41, 5.74) is 3.37. The number of aryl methyl sites for hydroxylation is 2. The first-order valence-corrected chi connectivity index (χ1v) is 9.75. The molecule has 5 nitrogen and oxygen atoms in total. The summed E-state index contributed by atoms with van der Waals surface area (Å²) in [5, 5.41) is 5.53. The van der Waals surface area contributed by atoms with Gasteiger partial charge in [0.15, 0.2) is 0 Å². The van der Waals surface area contributed by atoms with E-state index in [1.54, 1.807) is 0 Å². The van der Waals surface area contributed by atoms with Gasteiger partial charge in [-0.25, -0.2) is 4.39 Å². The van der Waals surface area contributed by atoms with E-state index in [1.807, 2.05) is 27.9 Å². The summed E-state index contributed by atoms with van der Waals surface area (Å²) in [6, 6.07) is 12.9. The Morgan fingerprint density at radius 3 is 2.57 bits per heavy atom. The maximum atomic E-state index is 13.0. The molecule has 0 N–H and O–H groups in total. The van der Waals surface area contributed by atoms with Crippen LogP contribution >= 0.6 is 0 Å². The van der Waals surface area contributed by atoms with Crippen LogP contribution in [-0.2, 0) is 17.9 Å². The molecule has 6 heteroatoms. The fourth-order valence-electron chi connectivity index (χ4n) is 3.72. The van der Waals surface area contributed by atoms with Gasteiger partial charge in [0, 0.05) is 44.5 Å². The normalized spacial score (nSPS) is 15.3. The first-order valence-electron chi connectivity index (χ1n) is 9.75. The molecule has 146 valence electrons. The van der Waals surface area contributed by atoms with Gasteiger partial charge < -0.3 is 4.90 Å². The van der Waals surface area contributed by atoms with Crippen LogP contribution in [0.3, 0.4) is 0 Å². The highest BCUT2D eigenvalue weighted by atomic mass is 19.1. The van der Waals surface area contributed by atoms with E-state index < -0.39 is 0 Å². The Morgan fingerprint density at radius 2 is 1.82 bits per heavy atom. The van der Waals surface area contributed by atoms with E-state index in [0.29, 0.717) is 13.0 Å². The zero-order chi connectivity index (χ0) is 19.5. The zero-order valence-corrected chi connectivity index (χ0v) is 16.1. The molecule has 1 fully saturated rings. The monoisotopic (exact) mass is 380 g/mol. The van der Waals surface area contributed by atoms with Crippen LogP contribution in [-0.4, -0.2) is 51.7 Å². The SMILES string of the molecule is Cc1ccc2cnn(CCC(=O)N3CCN(Cc4ccc(F)cc4)CC3)c2c1. The minimum Gasteiger partial charge on any atom is -0.340 e. The standard InChI is InChI=1S/C22H25FN4O/c1-17-2-5-19-15-24-27(21(19)14-17)9-8-22(28)26-12-10-25(11-13-26)16-18-3-6-20(23)7-4-18/h2-7,14-15H,8-13,16H2,1H3. The lowest BCUT2D eigenvalue weighted by atomic mass is 10.2. The molecule has 0 aliphatic carbocycles. The predicted octanol–water partition coefficient (Wildman–Crippen LogP) is 3.22. The van der Waals surface area contributed by atoms with E-state index in [-0.39, 0.29) is 11.7 Å². The van der Waals surface area contributed by atoms with E-state index in [1.165, 1.54) is 17.7 Å². The van der Waals surface area contributed by atoms with Crippen molar-refractivity contribution < 1.29 is 9.18 Å². The van der Waals surface area contributed by atoms with Crippen molar-refractivity contribution in [2.24, 2.45) is 0 Å². The number of aromatic nitrogens is 2. The highest BCUT2D eigenvalue weighted by Gasteiger charge is 2.21. The van der Waals surface area contributed by atoms with Gasteiger partial charge in [-0.2, -0.15) is 5.10 Å². The van der Waals surface area contributed by atoms with Crippen LogP contribution in [0.4, 0.5) is 4.39 Å². The fraction of sp³-hybridized carbons (Fsp3) is 0.364. The van der Waals surface area contributed by atoms with Crippen molar-refractivity contribution >= 4 is 16.8 Å². The molecule has 1 amide bonds. The van der Waals surface area contributed by atoms with E-state index in [4.69, 9.17) is 0 Å². The summed E-state index contributed by atoms with van der Waals surface area (Å²) in [7, 11) is 0. The minimum absolute atomic E-state index is 0.178. The first-order chi connectivity index (χ1) is 13.6. The van der Waals surface area contributed by atoms with E-state index in [0.717, 1.165) is 49.2 Å². The molecule has 3 aromatic rings. The summed E-state index contributed by atoms with van der Waals surface area (Å²) >= 11 is 0. The third-order valence-electron chi connectivity index (χ3n) is 5.38. The summed E-state index contributed by atoms with van der Waals surface area (Å²) in [4.78, 5) is 16.9. The smallest absolute Gasteiger partial charge is 0.224 e. The number of halogens is 1. The van der Waals surface area contributed by atoms with E-state index in [2.05, 4.69) is 35.1 Å². The Balaban J connectivity index is 1.28. The number of carbonyl (C=O) groups is 1. The van der Waals surface area contributed by atoms with Crippen LogP contribution < -0.4 is 0 Å². The molecule has 1 aromatic heterocycles. The molecule has 0 unspecified atom stereocenters. The van der Waals surface area contributed by atoms with Crippen LogP contribution in [0, 0.1) is 12.7 Å². The summed E-state index contributed by atoms with van der Waals surface area (Å²) < 4.78 is 14.9. The van der Waals surface area contributed by atoms with Crippen LogP contribution in [0.5, 0.6) is 0 Å². The summed E-state index contributed by atoms with van der Waals surface area (Å²) in [6.07, 6.45) is 2.32. The number of hydrogen-bond acceptors (Lipinski definition) is 3. The molecule has 1 aliphatic rings. The second kappa shape index (κ2) is 8.10. The first kappa shape index (κ1) is 18.6. The Hall–Kier alpha value is -2.73. The Kier molecular flexibility index (Phi) is 5.39. The van der Waals surface area contributed by atoms with E-state index in [9.17, 15) is 9.18 Å². The Bertz CT molecular complexity index is 958. The van der Waals surface area contributed by atoms with Gasteiger partial charge in [0.2, 0.25) is 5.91 Å². The fourth-order valence-corrected chi connectivity index (χ4v) is 3.72. The van der Waals surface area contributed by atoms with Crippen molar-refractivity contribution in [2.75, 3.05) is 26.2 Å². The number of piperazine rings is 1. The predicted molar refractivity (Wildman–Crippen MR) is 107 cm³/mol. The van der Waals surface area contributed by atoms with Crippen molar-refractivity contribution in [3.8, 4) is 0 Å². The summed E-state index contributed by atoms with van der Waals surface area (Å²) in [5.74, 6) is -0.0305. The van der Waals surface area contributed by atoms with E-state index >= 15 is 0 Å². The molecule has 1 saturated heterocycles. The lowest BCUT2D eigenvalue weighted by molar-refractivity contribution is -0.133. The van der Waals surface area contributed by atoms with Gasteiger partial charge >= 0.3 is 0 Å².